The molecule has 1 fully saturated rings. The van der Waals surface area contributed by atoms with E-state index in [1.807, 2.05) is 4.90 Å². The van der Waals surface area contributed by atoms with Crippen LogP contribution in [0.1, 0.15) is 28.8 Å². The Bertz CT molecular complexity index is 775. The van der Waals surface area contributed by atoms with Crippen molar-refractivity contribution in [2.24, 2.45) is 5.92 Å². The van der Waals surface area contributed by atoms with Crippen LogP contribution >= 0.6 is 0 Å². The fourth-order valence-electron chi connectivity index (χ4n) is 2.95. The Morgan fingerprint density at radius 3 is 2.60 bits per heavy atom. The number of amides is 1. The summed E-state index contributed by atoms with van der Waals surface area (Å²) in [6.45, 7) is 1.91. The summed E-state index contributed by atoms with van der Waals surface area (Å²) >= 11 is 0. The van der Waals surface area contributed by atoms with Gasteiger partial charge in [0.1, 0.15) is 11.6 Å². The van der Waals surface area contributed by atoms with Gasteiger partial charge in [-0.25, -0.2) is 4.39 Å². The molecule has 1 aliphatic rings. The minimum atomic E-state index is -0.278. The summed E-state index contributed by atoms with van der Waals surface area (Å²) in [6.07, 6.45) is 1.73. The lowest BCUT2D eigenvalue weighted by Crippen LogP contribution is -2.39. The quantitative estimate of drug-likeness (QED) is 0.855. The topological polar surface area (TPSA) is 53.3 Å². The Kier molecular flexibility index (Phi) is 5.30. The van der Waals surface area contributed by atoms with Gasteiger partial charge in [-0.2, -0.15) is 5.26 Å². The molecule has 128 valence electrons. The zero-order chi connectivity index (χ0) is 17.6. The van der Waals surface area contributed by atoms with Gasteiger partial charge in [-0.15, -0.1) is 0 Å². The lowest BCUT2D eigenvalue weighted by Gasteiger charge is -2.32. The summed E-state index contributed by atoms with van der Waals surface area (Å²) in [4.78, 5) is 14.4. The number of benzene rings is 2. The van der Waals surface area contributed by atoms with Crippen LogP contribution in [0, 0.1) is 23.1 Å². The third-order valence-corrected chi connectivity index (χ3v) is 4.44. The molecule has 0 saturated carbocycles. The van der Waals surface area contributed by atoms with Gasteiger partial charge in [0.25, 0.3) is 5.91 Å². The van der Waals surface area contributed by atoms with Crippen molar-refractivity contribution in [3.63, 3.8) is 0 Å². The number of halogens is 1. The van der Waals surface area contributed by atoms with Crippen molar-refractivity contribution in [3.8, 4) is 11.8 Å². The number of likely N-dealkylation sites (tertiary alicyclic amines) is 1. The molecule has 0 atom stereocenters. The Morgan fingerprint density at radius 1 is 1.20 bits per heavy atom. The van der Waals surface area contributed by atoms with Gasteiger partial charge in [0.05, 0.1) is 18.2 Å². The number of rotatable bonds is 4. The van der Waals surface area contributed by atoms with E-state index >= 15 is 0 Å². The number of nitrogens with zero attached hydrogens (tertiary/aromatic N) is 2. The maximum Gasteiger partial charge on any atom is 0.253 e. The number of piperidine rings is 1. The van der Waals surface area contributed by atoms with E-state index in [9.17, 15) is 9.18 Å². The Morgan fingerprint density at radius 2 is 1.92 bits per heavy atom. The highest BCUT2D eigenvalue weighted by atomic mass is 19.1. The molecule has 4 nitrogen and oxygen atoms in total. The van der Waals surface area contributed by atoms with Crippen LogP contribution in [0.25, 0.3) is 0 Å². The van der Waals surface area contributed by atoms with Crippen LogP contribution in [0.15, 0.2) is 48.5 Å². The molecule has 0 spiro atoms. The zero-order valence-corrected chi connectivity index (χ0v) is 13.8. The highest BCUT2D eigenvalue weighted by molar-refractivity contribution is 5.94. The first-order valence-corrected chi connectivity index (χ1v) is 8.33. The molecular formula is C20H19FN2O2. The second kappa shape index (κ2) is 7.80. The molecule has 5 heteroatoms. The van der Waals surface area contributed by atoms with Crippen LogP contribution in [-0.2, 0) is 0 Å². The van der Waals surface area contributed by atoms with Gasteiger partial charge in [-0.1, -0.05) is 6.07 Å². The predicted octanol–water partition coefficient (Wildman–Crippen LogP) is 3.63. The molecule has 0 aliphatic carbocycles. The number of carbonyl (C=O) groups excluding carboxylic acids is 1. The van der Waals surface area contributed by atoms with E-state index in [1.54, 1.807) is 36.4 Å². The number of hydrogen-bond donors (Lipinski definition) is 0. The first-order chi connectivity index (χ1) is 12.2. The largest absolute Gasteiger partial charge is 0.493 e. The Hall–Kier alpha value is -2.87. The van der Waals surface area contributed by atoms with E-state index < -0.39 is 0 Å². The lowest BCUT2D eigenvalue weighted by atomic mass is 9.97. The van der Waals surface area contributed by atoms with Gasteiger partial charge < -0.3 is 9.64 Å². The molecule has 3 rings (SSSR count). The summed E-state index contributed by atoms with van der Waals surface area (Å²) in [5, 5.41) is 8.95. The van der Waals surface area contributed by atoms with Crippen molar-refractivity contribution in [3.05, 3.63) is 65.5 Å². The molecule has 0 bridgehead atoms. The van der Waals surface area contributed by atoms with Gasteiger partial charge in [-0.3, -0.25) is 4.79 Å². The number of hydrogen-bond acceptors (Lipinski definition) is 3. The molecule has 25 heavy (non-hydrogen) atoms. The third kappa shape index (κ3) is 4.36. The molecule has 1 amide bonds. The summed E-state index contributed by atoms with van der Waals surface area (Å²) in [7, 11) is 0. The second-order valence-electron chi connectivity index (χ2n) is 6.19. The smallest absolute Gasteiger partial charge is 0.253 e. The maximum atomic E-state index is 12.9. The van der Waals surface area contributed by atoms with Crippen molar-refractivity contribution in [1.29, 1.82) is 5.26 Å². The van der Waals surface area contributed by atoms with Crippen LogP contribution in [0.2, 0.25) is 0 Å². The first kappa shape index (κ1) is 17.0. The number of carbonyl (C=O) groups is 1. The molecular weight excluding hydrogens is 319 g/mol. The van der Waals surface area contributed by atoms with Gasteiger partial charge in [0, 0.05) is 18.7 Å². The van der Waals surface area contributed by atoms with E-state index in [0.717, 1.165) is 12.8 Å². The fourth-order valence-corrected chi connectivity index (χ4v) is 2.95. The summed E-state index contributed by atoms with van der Waals surface area (Å²) in [5.74, 6) is 0.724. The highest BCUT2D eigenvalue weighted by Gasteiger charge is 2.24. The van der Waals surface area contributed by atoms with Crippen LogP contribution < -0.4 is 4.74 Å². The molecule has 0 unspecified atom stereocenters. The Labute approximate surface area is 146 Å². The van der Waals surface area contributed by atoms with E-state index in [-0.39, 0.29) is 11.7 Å². The summed E-state index contributed by atoms with van der Waals surface area (Å²) in [6, 6.07) is 14.9. The normalized spacial score (nSPS) is 14.8. The van der Waals surface area contributed by atoms with Crippen molar-refractivity contribution in [1.82, 2.24) is 4.90 Å². The maximum absolute atomic E-state index is 12.9. The number of nitriles is 1. The minimum absolute atomic E-state index is 0.0324. The van der Waals surface area contributed by atoms with Crippen molar-refractivity contribution < 1.29 is 13.9 Å². The van der Waals surface area contributed by atoms with Crippen LogP contribution in [0.4, 0.5) is 4.39 Å². The van der Waals surface area contributed by atoms with Crippen LogP contribution in [0.5, 0.6) is 5.75 Å². The van der Waals surface area contributed by atoms with E-state index in [2.05, 4.69) is 6.07 Å². The first-order valence-electron chi connectivity index (χ1n) is 8.33. The molecule has 1 aliphatic heterocycles. The average molecular weight is 338 g/mol. The SMILES string of the molecule is N#Cc1cccc(C(=O)N2CCC(COc3ccc(F)cc3)CC2)c1. The second-order valence-corrected chi connectivity index (χ2v) is 6.19. The third-order valence-electron chi connectivity index (χ3n) is 4.44. The lowest BCUT2D eigenvalue weighted by molar-refractivity contribution is 0.0661. The van der Waals surface area contributed by atoms with Crippen molar-refractivity contribution in [2.45, 2.75) is 12.8 Å². The summed E-state index contributed by atoms with van der Waals surface area (Å²) in [5.41, 5.74) is 1.05. The van der Waals surface area contributed by atoms with E-state index in [1.165, 1.54) is 12.1 Å². The minimum Gasteiger partial charge on any atom is -0.493 e. The van der Waals surface area contributed by atoms with Crippen LogP contribution in [0.3, 0.4) is 0 Å². The molecule has 0 radical (unpaired) electrons. The molecule has 0 aromatic heterocycles. The van der Waals surface area contributed by atoms with Gasteiger partial charge in [-0.05, 0) is 61.2 Å². The summed E-state index contributed by atoms with van der Waals surface area (Å²) < 4.78 is 18.6. The average Bonchev–Trinajstić information content (AvgIpc) is 2.67. The van der Waals surface area contributed by atoms with E-state index in [4.69, 9.17) is 10.00 Å². The molecule has 1 heterocycles. The Balaban J connectivity index is 1.50. The van der Waals surface area contributed by atoms with Crippen molar-refractivity contribution >= 4 is 5.91 Å². The fraction of sp³-hybridized carbons (Fsp3) is 0.300. The molecule has 2 aromatic rings. The monoisotopic (exact) mass is 338 g/mol. The van der Waals surface area contributed by atoms with Crippen LogP contribution in [-0.4, -0.2) is 30.5 Å². The van der Waals surface area contributed by atoms with E-state index in [0.29, 0.717) is 42.5 Å². The molecule has 0 N–H and O–H groups in total. The number of ether oxygens (including phenoxy) is 1. The van der Waals surface area contributed by atoms with Gasteiger partial charge in [0.2, 0.25) is 0 Å². The van der Waals surface area contributed by atoms with Gasteiger partial charge >= 0.3 is 0 Å². The predicted molar refractivity (Wildman–Crippen MR) is 91.7 cm³/mol. The molecule has 2 aromatic carbocycles. The van der Waals surface area contributed by atoms with Crippen molar-refractivity contribution in [2.75, 3.05) is 19.7 Å². The van der Waals surface area contributed by atoms with Gasteiger partial charge in [0.15, 0.2) is 0 Å². The molecule has 1 saturated heterocycles. The highest BCUT2D eigenvalue weighted by Crippen LogP contribution is 2.21. The zero-order valence-electron chi connectivity index (χ0n) is 13.8. The standard InChI is InChI=1S/C20H19FN2O2/c21-18-4-6-19(7-5-18)25-14-15-8-10-23(11-9-15)20(24)17-3-1-2-16(12-17)13-22/h1-7,12,15H,8-11,14H2.